The number of amides is 1. The number of hydrogen-bond acceptors (Lipinski definition) is 4. The first-order chi connectivity index (χ1) is 7.15. The Bertz CT molecular complexity index is 404. The monoisotopic (exact) mass is 230 g/mol. The molecule has 0 bridgehead atoms. The molecule has 6 nitrogen and oxygen atoms in total. The van der Waals surface area contributed by atoms with Crippen molar-refractivity contribution in [1.29, 1.82) is 0 Å². The van der Waals surface area contributed by atoms with Gasteiger partial charge in [0.2, 0.25) is 5.91 Å². The van der Waals surface area contributed by atoms with E-state index in [1.54, 1.807) is 0 Å². The lowest BCUT2D eigenvalue weighted by Gasteiger charge is -2.05. The van der Waals surface area contributed by atoms with Crippen LogP contribution < -0.4 is 16.2 Å². The van der Waals surface area contributed by atoms with Gasteiger partial charge >= 0.3 is 0 Å². The van der Waals surface area contributed by atoms with Gasteiger partial charge in [0, 0.05) is 6.54 Å². The van der Waals surface area contributed by atoms with E-state index in [2.05, 4.69) is 20.6 Å². The number of anilines is 1. The normalized spacial score (nSPS) is 9.73. The van der Waals surface area contributed by atoms with Gasteiger partial charge in [0.1, 0.15) is 5.02 Å². The summed E-state index contributed by atoms with van der Waals surface area (Å²) in [6, 6.07) is 0. The van der Waals surface area contributed by atoms with Gasteiger partial charge in [-0.2, -0.15) is 0 Å². The third-order valence-electron chi connectivity index (χ3n) is 1.59. The molecule has 1 rings (SSSR count). The van der Waals surface area contributed by atoms with E-state index in [0.29, 0.717) is 6.54 Å². The number of rotatable bonds is 4. The fourth-order valence-corrected chi connectivity index (χ4v) is 1.10. The Kier molecular flexibility index (Phi) is 4.11. The number of likely N-dealkylation sites (N-methyl/N-ethyl adjacent to an activating group) is 1. The summed E-state index contributed by atoms with van der Waals surface area (Å²) in [7, 11) is 0. The van der Waals surface area contributed by atoms with Crippen molar-refractivity contribution in [2.45, 2.75) is 6.92 Å². The molecule has 1 heterocycles. The predicted octanol–water partition coefficient (Wildman–Crippen LogP) is -0.0287. The van der Waals surface area contributed by atoms with Crippen LogP contribution in [0.4, 0.5) is 5.82 Å². The summed E-state index contributed by atoms with van der Waals surface area (Å²) in [5, 5.41) is 5.20. The molecule has 0 aromatic carbocycles. The van der Waals surface area contributed by atoms with Crippen molar-refractivity contribution < 1.29 is 4.79 Å². The SMILES string of the molecule is CCNC(=O)CNc1nc[nH]c(=O)c1Cl. The van der Waals surface area contributed by atoms with E-state index in [-0.39, 0.29) is 23.3 Å². The Balaban J connectivity index is 2.62. The molecule has 1 aromatic heterocycles. The maximum absolute atomic E-state index is 11.1. The van der Waals surface area contributed by atoms with Crippen LogP contribution in [0.15, 0.2) is 11.1 Å². The highest BCUT2D eigenvalue weighted by molar-refractivity contribution is 6.32. The number of nitrogens with one attached hydrogen (secondary N) is 3. The average molecular weight is 231 g/mol. The minimum atomic E-state index is -0.440. The summed E-state index contributed by atoms with van der Waals surface area (Å²) in [5.41, 5.74) is -0.440. The van der Waals surface area contributed by atoms with Gasteiger partial charge in [-0.1, -0.05) is 11.6 Å². The van der Waals surface area contributed by atoms with Gasteiger partial charge in [0.05, 0.1) is 12.9 Å². The molecule has 0 unspecified atom stereocenters. The maximum Gasteiger partial charge on any atom is 0.271 e. The largest absolute Gasteiger partial charge is 0.360 e. The zero-order chi connectivity index (χ0) is 11.3. The topological polar surface area (TPSA) is 86.9 Å². The third kappa shape index (κ3) is 3.25. The van der Waals surface area contributed by atoms with Gasteiger partial charge < -0.3 is 15.6 Å². The average Bonchev–Trinajstić information content (AvgIpc) is 2.21. The summed E-state index contributed by atoms with van der Waals surface area (Å²) in [6.45, 7) is 2.40. The Morgan fingerprint density at radius 2 is 2.40 bits per heavy atom. The summed E-state index contributed by atoms with van der Waals surface area (Å²) < 4.78 is 0. The van der Waals surface area contributed by atoms with Crippen LogP contribution in [0.1, 0.15) is 6.92 Å². The van der Waals surface area contributed by atoms with E-state index in [1.165, 1.54) is 6.33 Å². The highest BCUT2D eigenvalue weighted by atomic mass is 35.5. The molecule has 15 heavy (non-hydrogen) atoms. The van der Waals surface area contributed by atoms with Crippen LogP contribution in [0, 0.1) is 0 Å². The summed E-state index contributed by atoms with van der Waals surface area (Å²) in [5.74, 6) is 0.0160. The minimum absolute atomic E-state index is 0.0318. The van der Waals surface area contributed by atoms with Crippen molar-refractivity contribution in [3.8, 4) is 0 Å². The molecule has 82 valence electrons. The van der Waals surface area contributed by atoms with Gasteiger partial charge in [-0.05, 0) is 6.92 Å². The quantitative estimate of drug-likeness (QED) is 0.678. The molecule has 0 spiro atoms. The second kappa shape index (κ2) is 5.35. The van der Waals surface area contributed by atoms with E-state index >= 15 is 0 Å². The van der Waals surface area contributed by atoms with Crippen molar-refractivity contribution in [3.63, 3.8) is 0 Å². The number of halogens is 1. The van der Waals surface area contributed by atoms with Gasteiger partial charge in [-0.25, -0.2) is 4.98 Å². The number of carbonyl (C=O) groups excluding carboxylic acids is 1. The maximum atomic E-state index is 11.1. The third-order valence-corrected chi connectivity index (χ3v) is 1.94. The molecule has 1 amide bonds. The van der Waals surface area contributed by atoms with Crippen LogP contribution in [-0.2, 0) is 4.79 Å². The number of carbonyl (C=O) groups is 1. The van der Waals surface area contributed by atoms with E-state index in [0.717, 1.165) is 0 Å². The minimum Gasteiger partial charge on any atom is -0.360 e. The van der Waals surface area contributed by atoms with E-state index in [9.17, 15) is 9.59 Å². The number of aromatic amines is 1. The second-order valence-electron chi connectivity index (χ2n) is 2.70. The highest BCUT2D eigenvalue weighted by Gasteiger charge is 2.06. The molecule has 0 atom stereocenters. The fraction of sp³-hybridized carbons (Fsp3) is 0.375. The van der Waals surface area contributed by atoms with Crippen molar-refractivity contribution in [3.05, 3.63) is 21.7 Å². The molecule has 0 aliphatic carbocycles. The first-order valence-corrected chi connectivity index (χ1v) is 4.76. The molecule has 0 radical (unpaired) electrons. The number of H-pyrrole nitrogens is 1. The molecule has 0 fully saturated rings. The van der Waals surface area contributed by atoms with Crippen molar-refractivity contribution in [1.82, 2.24) is 15.3 Å². The summed E-state index contributed by atoms with van der Waals surface area (Å²) in [6.07, 6.45) is 1.22. The highest BCUT2D eigenvalue weighted by Crippen LogP contribution is 2.10. The Morgan fingerprint density at radius 3 is 3.07 bits per heavy atom. The first-order valence-electron chi connectivity index (χ1n) is 4.39. The van der Waals surface area contributed by atoms with Crippen molar-refractivity contribution >= 4 is 23.3 Å². The van der Waals surface area contributed by atoms with Gasteiger partial charge in [-0.3, -0.25) is 9.59 Å². The Morgan fingerprint density at radius 1 is 1.67 bits per heavy atom. The molecule has 0 saturated carbocycles. The zero-order valence-electron chi connectivity index (χ0n) is 8.13. The van der Waals surface area contributed by atoms with Crippen LogP contribution in [0.3, 0.4) is 0 Å². The smallest absolute Gasteiger partial charge is 0.271 e. The predicted molar refractivity (Wildman–Crippen MR) is 57.0 cm³/mol. The van der Waals surface area contributed by atoms with E-state index in [4.69, 9.17) is 11.6 Å². The van der Waals surface area contributed by atoms with Crippen LogP contribution in [0.25, 0.3) is 0 Å². The van der Waals surface area contributed by atoms with Crippen LogP contribution in [0.5, 0.6) is 0 Å². The van der Waals surface area contributed by atoms with Gasteiger partial charge in [-0.15, -0.1) is 0 Å². The lowest BCUT2D eigenvalue weighted by molar-refractivity contribution is -0.119. The molecular weight excluding hydrogens is 220 g/mol. The van der Waals surface area contributed by atoms with Crippen LogP contribution in [0.2, 0.25) is 5.02 Å². The van der Waals surface area contributed by atoms with E-state index in [1.807, 2.05) is 6.92 Å². The van der Waals surface area contributed by atoms with Crippen molar-refractivity contribution in [2.75, 3.05) is 18.4 Å². The van der Waals surface area contributed by atoms with Gasteiger partial charge in [0.25, 0.3) is 5.56 Å². The summed E-state index contributed by atoms with van der Waals surface area (Å²) in [4.78, 5) is 28.2. The number of hydrogen-bond donors (Lipinski definition) is 3. The molecule has 0 aliphatic heterocycles. The standard InChI is InChI=1S/C8H11ClN4O2/c1-2-10-5(14)3-11-7-6(9)8(15)13-4-12-7/h4H,2-3H2,1H3,(H,10,14)(H2,11,12,13,15). The zero-order valence-corrected chi connectivity index (χ0v) is 8.89. The molecule has 0 saturated heterocycles. The molecule has 0 aliphatic rings. The van der Waals surface area contributed by atoms with Gasteiger partial charge in [0.15, 0.2) is 5.82 Å². The van der Waals surface area contributed by atoms with Crippen molar-refractivity contribution in [2.24, 2.45) is 0 Å². The fourth-order valence-electron chi connectivity index (χ4n) is 0.930. The molecule has 3 N–H and O–H groups in total. The lowest BCUT2D eigenvalue weighted by Crippen LogP contribution is -2.30. The van der Waals surface area contributed by atoms with Crippen LogP contribution >= 0.6 is 11.6 Å². The number of aromatic nitrogens is 2. The van der Waals surface area contributed by atoms with Crippen LogP contribution in [-0.4, -0.2) is 29.0 Å². The molecule has 1 aromatic rings. The Hall–Kier alpha value is -1.56. The second-order valence-corrected chi connectivity index (χ2v) is 3.08. The molecule has 7 heteroatoms. The summed E-state index contributed by atoms with van der Waals surface area (Å²) >= 11 is 5.65. The first kappa shape index (κ1) is 11.5. The lowest BCUT2D eigenvalue weighted by atomic mass is 10.5. The van der Waals surface area contributed by atoms with E-state index < -0.39 is 5.56 Å². The number of nitrogens with zero attached hydrogens (tertiary/aromatic N) is 1. The Labute approximate surface area is 91.1 Å². The molecular formula is C8H11ClN4O2.